The maximum atomic E-state index is 14.0. The van der Waals surface area contributed by atoms with Crippen LogP contribution in [0.25, 0.3) is 31.7 Å². The fraction of sp³-hybridized carbons (Fsp3) is 0.457. The highest BCUT2D eigenvalue weighted by Crippen LogP contribution is 2.37. The Hall–Kier alpha value is -13.7. The number of aryl methyl sites for hydroxylation is 3. The number of ether oxygens (including phenoxy) is 4. The Morgan fingerprint density at radius 2 is 0.776 bits per heavy atom. The van der Waals surface area contributed by atoms with Crippen LogP contribution >= 0.6 is 34.0 Å². The molecular weight excluding hydrogens is 2040 g/mol. The van der Waals surface area contributed by atoms with Crippen LogP contribution in [0.2, 0.25) is 0 Å². The minimum atomic E-state index is -5.11. The first-order valence-corrected chi connectivity index (χ1v) is 44.8. The highest BCUT2D eigenvalue weighted by molar-refractivity contribution is 7.15. The second-order valence-electron chi connectivity index (χ2n) is 34.0. The molecule has 0 saturated heterocycles. The first-order valence-electron chi connectivity index (χ1n) is 42.4. The largest absolute Gasteiger partial charge is 0.471 e. The molecule has 3 aromatic carbocycles. The third-order valence-corrected chi connectivity index (χ3v) is 22.2. The summed E-state index contributed by atoms with van der Waals surface area (Å²) in [6.07, 6.45) is -19.0. The number of hydrogen-bond donors (Lipinski definition) is 7. The molecule has 0 aliphatic carbocycles. The molecule has 0 spiro atoms. The quantitative estimate of drug-likeness (QED) is 0.00391. The number of anilines is 1. The lowest BCUT2D eigenvalue weighted by molar-refractivity contribution is -0.387. The van der Waals surface area contributed by atoms with Gasteiger partial charge in [0.25, 0.3) is 5.69 Å². The standard InChI is InChI=1S/C27H30F3N5O6S.C23H23F4N5O4S.C22H17F6N5O2S.C16H23F3N4O3.6CH4/c1-5-40-23(36)14-18-13-17(7-9-20(18)35(38)39)24-34-33-22(42-24)11-8-19(32-25(37)41-26(2,3)4)12-16-6-10-21(31-15-16)27(28,29)30;1-22(2,3)36-21(33)29-15(10-13-4-8-18(28-12-13)23(25,26)27)6-9-19-30-31-20(37-19)14-5-7-17(32(34)35)16(24)11-14;23-21(24,25)16-5-1-11(10-29-16)7-14(30-20(35)22(26,27)28)3-6-18-32-33-19(36-18)12-2-4-15-13(8-12)9-17(34)31-15;1-15(2,3)26-14(25)22-11(5-7-13(24)23-20)8-10-4-6-12(21-9-10)16(17,18)19;;;;;;/h6-7,9-10,13,15,19H,5,8,11-12,14H2,1-4H3,(H,32,37);4-5,7-8,11-12,15H,6,9-10H2,1-3H3,(H,29,33);1-2,4-5,8,10,14H,3,6-7,9H2,(H,30,35)(H,31,34);4,6,9,11H,5,7-8,20H2,1-3H3,(H,22,25)(H,23,24);6*1H4/t19-;15-;14-;11-;;;;;;/m1111....../s1. The van der Waals surface area contributed by atoms with Crippen LogP contribution in [0.15, 0.2) is 128 Å². The van der Waals surface area contributed by atoms with Gasteiger partial charge in [0, 0.05) is 115 Å². The van der Waals surface area contributed by atoms with Gasteiger partial charge in [-0.1, -0.05) is 103 Å². The number of amides is 6. The van der Waals surface area contributed by atoms with E-state index in [1.54, 1.807) is 81.4 Å². The van der Waals surface area contributed by atoms with Gasteiger partial charge >= 0.3 is 66.7 Å². The Morgan fingerprint density at radius 1 is 0.449 bits per heavy atom. The number of carbonyl (C=O) groups is 7. The van der Waals surface area contributed by atoms with Gasteiger partial charge in [0.1, 0.15) is 69.6 Å². The van der Waals surface area contributed by atoms with Gasteiger partial charge in [0.05, 0.1) is 29.3 Å². The molecule has 53 heteroatoms. The number of halogens is 16. The van der Waals surface area contributed by atoms with E-state index < -0.39 is 152 Å². The number of nitro groups is 2. The number of nitro benzene ring substituents is 2. The topological polar surface area (TPSA) is 470 Å². The van der Waals surface area contributed by atoms with Crippen LogP contribution in [-0.2, 0) is 121 Å². The number of hydrogen-bond acceptors (Lipinski definition) is 29. The highest BCUT2D eigenvalue weighted by Gasteiger charge is 2.41. The summed E-state index contributed by atoms with van der Waals surface area (Å²) in [6, 6.07) is 18.8. The molecule has 8 N–H and O–H groups in total. The molecule has 0 bridgehead atoms. The van der Waals surface area contributed by atoms with Crippen molar-refractivity contribution in [2.45, 2.75) is 276 Å². The van der Waals surface area contributed by atoms with Gasteiger partial charge in [-0.25, -0.2) is 20.2 Å². The average molecular weight is 2150 g/mol. The molecule has 11 rings (SSSR count). The fourth-order valence-corrected chi connectivity index (χ4v) is 15.4. The average Bonchev–Trinajstić information content (AvgIpc) is 1.76. The van der Waals surface area contributed by atoms with Gasteiger partial charge in [0.2, 0.25) is 17.6 Å². The zero-order valence-electron chi connectivity index (χ0n) is 76.4. The van der Waals surface area contributed by atoms with E-state index in [9.17, 15) is 124 Å². The Balaban J connectivity index is 0.000000661. The molecule has 1 aliphatic rings. The van der Waals surface area contributed by atoms with Crippen molar-refractivity contribution < 1.29 is 133 Å². The summed E-state index contributed by atoms with van der Waals surface area (Å²) in [5.41, 5.74) is -0.288. The third-order valence-electron chi connectivity index (χ3n) is 19.1. The molecular formula is C94H117F16N19O15S3. The number of hydrazine groups is 1. The lowest BCUT2D eigenvalue weighted by Crippen LogP contribution is -2.44. The van der Waals surface area contributed by atoms with Crippen molar-refractivity contribution in [2.24, 2.45) is 5.84 Å². The van der Waals surface area contributed by atoms with Crippen LogP contribution in [0.5, 0.6) is 0 Å². The zero-order chi connectivity index (χ0) is 105. The van der Waals surface area contributed by atoms with Crippen molar-refractivity contribution in [1.29, 1.82) is 0 Å². The first kappa shape index (κ1) is 129. The number of benzene rings is 3. The summed E-state index contributed by atoms with van der Waals surface area (Å²) < 4.78 is 226. The number of alkyl halides is 15. The van der Waals surface area contributed by atoms with E-state index in [-0.39, 0.29) is 138 Å². The van der Waals surface area contributed by atoms with Crippen LogP contribution in [0.1, 0.15) is 217 Å². The van der Waals surface area contributed by atoms with Gasteiger partial charge in [-0.2, -0.15) is 70.2 Å². The second kappa shape index (κ2) is 56.3. The number of esters is 1. The van der Waals surface area contributed by atoms with E-state index in [4.69, 9.17) is 24.8 Å². The van der Waals surface area contributed by atoms with Gasteiger partial charge in [-0.15, -0.1) is 30.6 Å². The molecule has 8 heterocycles. The Labute approximate surface area is 848 Å². The second-order valence-corrected chi connectivity index (χ2v) is 37.2. The molecule has 0 fully saturated rings. The summed E-state index contributed by atoms with van der Waals surface area (Å²) in [4.78, 5) is 118. The van der Waals surface area contributed by atoms with Gasteiger partial charge in [-0.3, -0.25) is 64.8 Å². The van der Waals surface area contributed by atoms with E-state index in [1.165, 1.54) is 65.1 Å². The van der Waals surface area contributed by atoms with Crippen LogP contribution in [0, 0.1) is 26.0 Å². The fourth-order valence-electron chi connectivity index (χ4n) is 12.8. The van der Waals surface area contributed by atoms with Crippen LogP contribution in [0.3, 0.4) is 0 Å². The van der Waals surface area contributed by atoms with Gasteiger partial charge in [0.15, 0.2) is 0 Å². The molecule has 808 valence electrons. The molecule has 0 saturated carbocycles. The summed E-state index contributed by atoms with van der Waals surface area (Å²) in [7, 11) is 0. The molecule has 10 aromatic rings. The van der Waals surface area contributed by atoms with E-state index >= 15 is 0 Å². The Morgan fingerprint density at radius 3 is 1.08 bits per heavy atom. The minimum absolute atomic E-state index is 0. The highest BCUT2D eigenvalue weighted by atomic mass is 32.1. The van der Waals surface area contributed by atoms with E-state index in [0.29, 0.717) is 83.5 Å². The van der Waals surface area contributed by atoms with Crippen LogP contribution in [-0.4, -0.2) is 156 Å². The monoisotopic (exact) mass is 2150 g/mol. The zero-order valence-corrected chi connectivity index (χ0v) is 78.8. The number of aromatic nitrogens is 10. The van der Waals surface area contributed by atoms with Crippen molar-refractivity contribution in [1.82, 2.24) is 77.2 Å². The number of pyridine rings is 4. The Bertz CT molecular complexity index is 5960. The molecule has 0 radical (unpaired) electrons. The minimum Gasteiger partial charge on any atom is -0.466 e. The molecule has 4 atom stereocenters. The number of nitrogens with two attached hydrogens (primary N) is 1. The van der Waals surface area contributed by atoms with Crippen LogP contribution in [0.4, 0.5) is 102 Å². The van der Waals surface area contributed by atoms with E-state index in [0.717, 1.165) is 95.4 Å². The van der Waals surface area contributed by atoms with Gasteiger partial charge < -0.3 is 45.5 Å². The summed E-state index contributed by atoms with van der Waals surface area (Å²) in [5.74, 6) is 0.749. The van der Waals surface area contributed by atoms with Crippen molar-refractivity contribution >= 4 is 93.0 Å². The van der Waals surface area contributed by atoms with Crippen molar-refractivity contribution in [3.8, 4) is 31.7 Å². The molecule has 0 unspecified atom stereocenters. The summed E-state index contributed by atoms with van der Waals surface area (Å²) >= 11 is 3.59. The third kappa shape index (κ3) is 43.8. The first-order chi connectivity index (χ1) is 65.6. The SMILES string of the molecule is C.C.C.C.C.C.CC(C)(C)OC(=O)N[C@H](CCC(=O)NN)Cc1ccc(C(F)(F)F)nc1.CC(C)(C)OC(=O)N[C@H](CCc1nnc(-c2ccc([N+](=O)[O-])c(F)c2)s1)Cc1ccc(C(F)(F)F)nc1.CCOC(=O)Cc1cc(-c2nnc(CC[C@H](Cc3ccc(C(F)(F)F)nc3)NC(=O)OC(C)(C)C)s2)ccc1[N+](=O)[O-].O=C1Cc2cc(-c3nnc(CC[C@H](Cc4ccc(C(F)(F)F)nc4)NC(=O)C(F)(F)F)s3)ccc2N1. The number of nitrogens with one attached hydrogen (secondary N) is 6. The summed E-state index contributed by atoms with van der Waals surface area (Å²) in [6.45, 7) is 17.1. The normalized spacial score (nSPS) is 12.6. The molecule has 147 heavy (non-hydrogen) atoms. The Kier molecular flexibility index (Phi) is 49.5. The number of alkyl carbamates (subject to hydrolysis) is 3. The molecule has 6 amide bonds. The van der Waals surface area contributed by atoms with Crippen molar-refractivity contribution in [3.63, 3.8) is 0 Å². The smallest absolute Gasteiger partial charge is 0.466 e. The van der Waals surface area contributed by atoms with E-state index in [2.05, 4.69) is 71.8 Å². The predicted octanol–water partition coefficient (Wildman–Crippen LogP) is 21.9. The maximum absolute atomic E-state index is 14.0. The van der Waals surface area contributed by atoms with E-state index in [1.807, 2.05) is 16.8 Å². The predicted molar refractivity (Wildman–Crippen MR) is 518 cm³/mol. The van der Waals surface area contributed by atoms with Crippen LogP contribution < -0.4 is 37.9 Å². The van der Waals surface area contributed by atoms with Crippen molar-refractivity contribution in [3.05, 3.63) is 225 Å². The number of rotatable bonds is 32. The van der Waals surface area contributed by atoms with Gasteiger partial charge in [-0.05, 0) is 215 Å². The lowest BCUT2D eigenvalue weighted by atomic mass is 10.0. The maximum Gasteiger partial charge on any atom is 0.471 e. The lowest BCUT2D eigenvalue weighted by Gasteiger charge is -2.23. The summed E-state index contributed by atoms with van der Waals surface area (Å²) in [5, 5.41) is 62.6. The molecule has 1 aliphatic heterocycles. The number of nitrogens with zero attached hydrogens (tertiary/aromatic N) is 12. The molecule has 7 aromatic heterocycles. The number of carbonyl (C=O) groups excluding carboxylic acids is 7. The van der Waals surface area contributed by atoms with Crippen molar-refractivity contribution in [2.75, 3.05) is 11.9 Å². The number of fused-ring (bicyclic) bond motifs is 1. The molecule has 34 nitrogen and oxygen atoms in total.